The molecule has 0 radical (unpaired) electrons. The number of rotatable bonds is 7. The van der Waals surface area contributed by atoms with Crippen LogP contribution >= 0.6 is 12.2 Å². The molecule has 0 unspecified atom stereocenters. The average Bonchev–Trinajstić information content (AvgIpc) is 3.03. The van der Waals surface area contributed by atoms with E-state index in [1.54, 1.807) is 10.9 Å². The zero-order chi connectivity index (χ0) is 18.4. The third-order valence-corrected chi connectivity index (χ3v) is 3.85. The maximum Gasteiger partial charge on any atom is 0.216 e. The van der Waals surface area contributed by atoms with Crippen LogP contribution in [0.15, 0.2) is 53.6 Å². The van der Waals surface area contributed by atoms with Crippen LogP contribution in [-0.2, 0) is 0 Å². The largest absolute Gasteiger partial charge is 0.494 e. The highest BCUT2D eigenvalue weighted by atomic mass is 32.1. The number of hydrogen-bond donors (Lipinski definition) is 1. The van der Waals surface area contributed by atoms with Gasteiger partial charge < -0.3 is 9.47 Å². The van der Waals surface area contributed by atoms with Gasteiger partial charge in [-0.25, -0.2) is 5.10 Å². The van der Waals surface area contributed by atoms with Crippen molar-refractivity contribution < 1.29 is 9.47 Å². The Hall–Kier alpha value is -2.93. The molecule has 1 aromatic heterocycles. The van der Waals surface area contributed by atoms with Gasteiger partial charge in [-0.05, 0) is 80.2 Å². The van der Waals surface area contributed by atoms with Crippen molar-refractivity contribution in [1.29, 1.82) is 0 Å². The lowest BCUT2D eigenvalue weighted by Crippen LogP contribution is -1.96. The standard InChI is InChI=1S/C19H20N4O2S/c1-3-24-16-9-5-14(6-10-16)13-20-23-18(21-22-19(23)26)15-7-11-17(12-8-15)25-4-2/h5-13H,3-4H2,1-2H3,(H,22,26). The van der Waals surface area contributed by atoms with Crippen molar-refractivity contribution in [2.75, 3.05) is 13.2 Å². The van der Waals surface area contributed by atoms with Gasteiger partial charge in [0, 0.05) is 5.56 Å². The highest BCUT2D eigenvalue weighted by Crippen LogP contribution is 2.21. The number of ether oxygens (including phenoxy) is 2. The number of hydrogen-bond acceptors (Lipinski definition) is 5. The minimum atomic E-state index is 0.427. The summed E-state index contributed by atoms with van der Waals surface area (Å²) in [5.74, 6) is 2.29. The van der Waals surface area contributed by atoms with Crippen LogP contribution in [0, 0.1) is 4.77 Å². The number of nitrogens with one attached hydrogen (secondary N) is 1. The first kappa shape index (κ1) is 17.9. The van der Waals surface area contributed by atoms with E-state index in [1.165, 1.54) is 0 Å². The molecule has 0 atom stereocenters. The summed E-state index contributed by atoms with van der Waals surface area (Å²) in [6, 6.07) is 15.4. The summed E-state index contributed by atoms with van der Waals surface area (Å²) in [5, 5.41) is 11.5. The van der Waals surface area contributed by atoms with Crippen molar-refractivity contribution in [3.8, 4) is 22.9 Å². The Morgan fingerprint density at radius 2 is 1.58 bits per heavy atom. The van der Waals surface area contributed by atoms with Crippen LogP contribution in [0.1, 0.15) is 19.4 Å². The number of nitrogens with zero attached hydrogens (tertiary/aromatic N) is 3. The summed E-state index contributed by atoms with van der Waals surface area (Å²) in [4.78, 5) is 0. The van der Waals surface area contributed by atoms with Crippen molar-refractivity contribution in [1.82, 2.24) is 14.9 Å². The van der Waals surface area contributed by atoms with Gasteiger partial charge in [0.25, 0.3) is 0 Å². The van der Waals surface area contributed by atoms with Crippen LogP contribution in [0.25, 0.3) is 11.4 Å². The topological polar surface area (TPSA) is 64.4 Å². The Balaban J connectivity index is 1.84. The van der Waals surface area contributed by atoms with Crippen molar-refractivity contribution in [2.45, 2.75) is 13.8 Å². The molecule has 0 aliphatic carbocycles. The second kappa shape index (κ2) is 8.44. The first-order chi connectivity index (χ1) is 12.7. The van der Waals surface area contributed by atoms with E-state index < -0.39 is 0 Å². The molecule has 0 amide bonds. The molecule has 134 valence electrons. The van der Waals surface area contributed by atoms with E-state index in [1.807, 2.05) is 62.4 Å². The SMILES string of the molecule is CCOc1ccc(C=Nn2c(-c3ccc(OCC)cc3)n[nH]c2=S)cc1. The van der Waals surface area contributed by atoms with Crippen LogP contribution in [0.2, 0.25) is 0 Å². The highest BCUT2D eigenvalue weighted by Gasteiger charge is 2.08. The maximum atomic E-state index is 5.47. The van der Waals surface area contributed by atoms with Crippen LogP contribution in [0.5, 0.6) is 11.5 Å². The molecule has 2 aromatic carbocycles. The molecule has 3 rings (SSSR count). The molecule has 3 aromatic rings. The van der Waals surface area contributed by atoms with Gasteiger partial charge in [0.15, 0.2) is 5.82 Å². The number of aromatic amines is 1. The zero-order valence-corrected chi connectivity index (χ0v) is 15.5. The summed E-state index contributed by atoms with van der Waals surface area (Å²) < 4.78 is 12.9. The number of aromatic nitrogens is 3. The Labute approximate surface area is 157 Å². The molecular formula is C19H20N4O2S. The third kappa shape index (κ3) is 4.18. The van der Waals surface area contributed by atoms with E-state index in [0.717, 1.165) is 22.6 Å². The fourth-order valence-electron chi connectivity index (χ4n) is 2.39. The van der Waals surface area contributed by atoms with Gasteiger partial charge in [-0.2, -0.15) is 14.9 Å². The lowest BCUT2D eigenvalue weighted by atomic mass is 10.2. The molecule has 1 heterocycles. The highest BCUT2D eigenvalue weighted by molar-refractivity contribution is 7.71. The lowest BCUT2D eigenvalue weighted by Gasteiger charge is -2.05. The quantitative estimate of drug-likeness (QED) is 0.499. The molecule has 6 nitrogen and oxygen atoms in total. The third-order valence-electron chi connectivity index (χ3n) is 3.59. The van der Waals surface area contributed by atoms with E-state index in [-0.39, 0.29) is 0 Å². The van der Waals surface area contributed by atoms with Gasteiger partial charge in [-0.1, -0.05) is 0 Å². The molecule has 0 aliphatic rings. The van der Waals surface area contributed by atoms with Gasteiger partial charge >= 0.3 is 0 Å². The predicted molar refractivity (Wildman–Crippen MR) is 105 cm³/mol. The lowest BCUT2D eigenvalue weighted by molar-refractivity contribution is 0.340. The molecule has 0 spiro atoms. The van der Waals surface area contributed by atoms with E-state index in [4.69, 9.17) is 21.7 Å². The molecule has 0 fully saturated rings. The predicted octanol–water partition coefficient (Wildman–Crippen LogP) is 4.29. The summed E-state index contributed by atoms with van der Waals surface area (Å²) in [6.07, 6.45) is 1.74. The Morgan fingerprint density at radius 1 is 1.00 bits per heavy atom. The Morgan fingerprint density at radius 3 is 2.15 bits per heavy atom. The van der Waals surface area contributed by atoms with Crippen LogP contribution in [0.3, 0.4) is 0 Å². The van der Waals surface area contributed by atoms with Gasteiger partial charge in [-0.3, -0.25) is 0 Å². The smallest absolute Gasteiger partial charge is 0.216 e. The summed E-state index contributed by atoms with van der Waals surface area (Å²) in [7, 11) is 0. The molecule has 1 N–H and O–H groups in total. The minimum absolute atomic E-state index is 0.427. The minimum Gasteiger partial charge on any atom is -0.494 e. The van der Waals surface area contributed by atoms with E-state index >= 15 is 0 Å². The zero-order valence-electron chi connectivity index (χ0n) is 14.7. The van der Waals surface area contributed by atoms with Crippen LogP contribution < -0.4 is 9.47 Å². The fourth-order valence-corrected chi connectivity index (χ4v) is 2.57. The van der Waals surface area contributed by atoms with Crippen molar-refractivity contribution in [3.05, 3.63) is 58.9 Å². The van der Waals surface area contributed by atoms with Gasteiger partial charge in [0.2, 0.25) is 4.77 Å². The molecular weight excluding hydrogens is 348 g/mol. The summed E-state index contributed by atoms with van der Waals surface area (Å²) in [6.45, 7) is 5.18. The van der Waals surface area contributed by atoms with Crippen molar-refractivity contribution in [2.24, 2.45) is 5.10 Å². The normalized spacial score (nSPS) is 11.0. The molecule has 0 aliphatic heterocycles. The number of benzene rings is 2. The van der Waals surface area contributed by atoms with Gasteiger partial charge in [0.1, 0.15) is 11.5 Å². The molecule has 0 saturated heterocycles. The first-order valence-corrected chi connectivity index (χ1v) is 8.80. The fraction of sp³-hybridized carbons (Fsp3) is 0.211. The Bertz CT molecular complexity index is 927. The van der Waals surface area contributed by atoms with Gasteiger partial charge in [0.05, 0.1) is 19.4 Å². The molecule has 7 heteroatoms. The second-order valence-corrected chi connectivity index (χ2v) is 5.75. The first-order valence-electron chi connectivity index (χ1n) is 8.39. The summed E-state index contributed by atoms with van der Waals surface area (Å²) >= 11 is 5.30. The van der Waals surface area contributed by atoms with E-state index in [0.29, 0.717) is 23.8 Å². The maximum absolute atomic E-state index is 5.47. The number of H-pyrrole nitrogens is 1. The molecule has 26 heavy (non-hydrogen) atoms. The van der Waals surface area contributed by atoms with Crippen LogP contribution in [-0.4, -0.2) is 34.3 Å². The monoisotopic (exact) mass is 368 g/mol. The summed E-state index contributed by atoms with van der Waals surface area (Å²) in [5.41, 5.74) is 1.83. The molecule has 0 bridgehead atoms. The van der Waals surface area contributed by atoms with Gasteiger partial charge in [-0.15, -0.1) is 0 Å². The average molecular weight is 368 g/mol. The molecule has 0 saturated carbocycles. The Kier molecular flexibility index (Phi) is 5.80. The van der Waals surface area contributed by atoms with E-state index in [2.05, 4.69) is 15.3 Å². The van der Waals surface area contributed by atoms with E-state index in [9.17, 15) is 0 Å². The second-order valence-electron chi connectivity index (χ2n) is 5.37. The van der Waals surface area contributed by atoms with Crippen LogP contribution in [0.4, 0.5) is 0 Å². The van der Waals surface area contributed by atoms with Crippen molar-refractivity contribution in [3.63, 3.8) is 0 Å². The van der Waals surface area contributed by atoms with Crippen molar-refractivity contribution >= 4 is 18.4 Å².